The third kappa shape index (κ3) is 5.45. The number of benzene rings is 2. The number of nitrogens with zero attached hydrogens (tertiary/aromatic N) is 2. The Morgan fingerprint density at radius 2 is 1.73 bits per heavy atom. The second-order valence-electron chi connectivity index (χ2n) is 9.55. The molecule has 2 fully saturated rings. The standard InChI is InChI=1S/C28H30N4O4S/c33-26-17-22(32-8-12-36-13-9-32)16-24(30-26)23-3-1-2-19-14-20-15-21(4-5-25(20)37-28(19)23)29-27(34)18-31-6-10-35-11-7-31/h1-5,15-17H,6-14,18H2,(H,29,34)(H,30,33). The van der Waals surface area contributed by atoms with E-state index in [9.17, 15) is 9.59 Å². The van der Waals surface area contributed by atoms with Crippen molar-refractivity contribution in [2.24, 2.45) is 0 Å². The molecular formula is C28H30N4O4S. The number of H-pyrrole nitrogens is 1. The van der Waals surface area contributed by atoms with Crippen molar-refractivity contribution in [1.29, 1.82) is 0 Å². The third-order valence-electron chi connectivity index (χ3n) is 7.00. The van der Waals surface area contributed by atoms with Crippen LogP contribution in [0.2, 0.25) is 0 Å². The zero-order chi connectivity index (χ0) is 25.2. The number of carbonyl (C=O) groups excluding carboxylic acids is 1. The third-order valence-corrected chi connectivity index (χ3v) is 8.30. The van der Waals surface area contributed by atoms with Gasteiger partial charge in [-0.05, 0) is 41.8 Å². The number of anilines is 2. The van der Waals surface area contributed by atoms with Crippen LogP contribution < -0.4 is 15.8 Å². The van der Waals surface area contributed by atoms with Crippen LogP contribution in [-0.2, 0) is 20.7 Å². The number of hydrogen-bond acceptors (Lipinski definition) is 7. The molecule has 0 radical (unpaired) electrons. The van der Waals surface area contributed by atoms with Crippen LogP contribution >= 0.6 is 11.8 Å². The van der Waals surface area contributed by atoms with Crippen LogP contribution in [0.25, 0.3) is 11.3 Å². The number of hydrogen-bond donors (Lipinski definition) is 2. The smallest absolute Gasteiger partial charge is 0.250 e. The number of amides is 1. The highest BCUT2D eigenvalue weighted by atomic mass is 32.2. The maximum Gasteiger partial charge on any atom is 0.250 e. The van der Waals surface area contributed by atoms with E-state index < -0.39 is 0 Å². The van der Waals surface area contributed by atoms with Gasteiger partial charge < -0.3 is 24.7 Å². The molecule has 0 spiro atoms. The monoisotopic (exact) mass is 518 g/mol. The summed E-state index contributed by atoms with van der Waals surface area (Å²) in [6, 6.07) is 16.1. The molecule has 1 aromatic heterocycles. The molecule has 3 aliphatic rings. The lowest BCUT2D eigenvalue weighted by molar-refractivity contribution is -0.118. The predicted molar refractivity (Wildman–Crippen MR) is 145 cm³/mol. The average Bonchev–Trinajstić information content (AvgIpc) is 2.92. The van der Waals surface area contributed by atoms with E-state index in [0.717, 1.165) is 65.0 Å². The van der Waals surface area contributed by atoms with E-state index in [-0.39, 0.29) is 11.5 Å². The van der Waals surface area contributed by atoms with Gasteiger partial charge in [0, 0.05) is 59.0 Å². The first kappa shape index (κ1) is 24.2. The highest BCUT2D eigenvalue weighted by Gasteiger charge is 2.22. The van der Waals surface area contributed by atoms with Crippen molar-refractivity contribution in [1.82, 2.24) is 9.88 Å². The van der Waals surface area contributed by atoms with Gasteiger partial charge in [-0.3, -0.25) is 14.5 Å². The van der Waals surface area contributed by atoms with Gasteiger partial charge in [0.05, 0.1) is 38.7 Å². The van der Waals surface area contributed by atoms with Crippen LogP contribution in [0.15, 0.2) is 63.1 Å². The molecule has 4 heterocycles. The van der Waals surface area contributed by atoms with Gasteiger partial charge in [-0.1, -0.05) is 30.0 Å². The fraction of sp³-hybridized carbons (Fsp3) is 0.357. The summed E-state index contributed by atoms with van der Waals surface area (Å²) < 4.78 is 10.8. The van der Waals surface area contributed by atoms with Crippen molar-refractivity contribution in [3.05, 3.63) is 70.0 Å². The van der Waals surface area contributed by atoms with Gasteiger partial charge in [-0.15, -0.1) is 0 Å². The highest BCUT2D eigenvalue weighted by molar-refractivity contribution is 7.99. The van der Waals surface area contributed by atoms with Crippen LogP contribution in [0.5, 0.6) is 0 Å². The Bertz CT molecular complexity index is 1360. The molecule has 2 N–H and O–H groups in total. The van der Waals surface area contributed by atoms with E-state index in [0.29, 0.717) is 33.0 Å². The summed E-state index contributed by atoms with van der Waals surface area (Å²) in [6.07, 6.45) is 0.770. The fourth-order valence-corrected chi connectivity index (χ4v) is 6.29. The van der Waals surface area contributed by atoms with Gasteiger partial charge in [-0.2, -0.15) is 0 Å². The summed E-state index contributed by atoms with van der Waals surface area (Å²) >= 11 is 1.72. The lowest BCUT2D eigenvalue weighted by Gasteiger charge is -2.29. The second-order valence-corrected chi connectivity index (χ2v) is 10.6. The van der Waals surface area contributed by atoms with Gasteiger partial charge >= 0.3 is 0 Å². The molecule has 2 saturated heterocycles. The molecule has 9 heteroatoms. The number of aromatic amines is 1. The van der Waals surface area contributed by atoms with Gasteiger partial charge in [0.1, 0.15) is 0 Å². The Morgan fingerprint density at radius 1 is 0.946 bits per heavy atom. The Kier molecular flexibility index (Phi) is 7.01. The molecule has 0 bridgehead atoms. The first-order chi connectivity index (χ1) is 18.1. The number of morpholine rings is 2. The highest BCUT2D eigenvalue weighted by Crippen LogP contribution is 2.45. The zero-order valence-electron chi connectivity index (χ0n) is 20.6. The first-order valence-corrected chi connectivity index (χ1v) is 13.5. The van der Waals surface area contributed by atoms with Crippen LogP contribution in [0.3, 0.4) is 0 Å². The molecule has 0 saturated carbocycles. The predicted octanol–water partition coefficient (Wildman–Crippen LogP) is 3.20. The summed E-state index contributed by atoms with van der Waals surface area (Å²) in [7, 11) is 0. The minimum absolute atomic E-state index is 0.00268. The van der Waals surface area contributed by atoms with E-state index in [2.05, 4.69) is 50.4 Å². The van der Waals surface area contributed by atoms with Crippen LogP contribution in [0, 0.1) is 0 Å². The van der Waals surface area contributed by atoms with Crippen molar-refractivity contribution in [2.45, 2.75) is 16.2 Å². The molecule has 3 aromatic rings. The Balaban J connectivity index is 1.22. The van der Waals surface area contributed by atoms with E-state index >= 15 is 0 Å². The van der Waals surface area contributed by atoms with Gasteiger partial charge in [0.25, 0.3) is 0 Å². The molecule has 8 nitrogen and oxygen atoms in total. The maximum atomic E-state index is 12.6. The summed E-state index contributed by atoms with van der Waals surface area (Å²) in [5.74, 6) is -0.00268. The van der Waals surface area contributed by atoms with Crippen molar-refractivity contribution in [2.75, 3.05) is 69.4 Å². The van der Waals surface area contributed by atoms with Crippen LogP contribution in [0.4, 0.5) is 11.4 Å². The van der Waals surface area contributed by atoms with Crippen LogP contribution in [0.1, 0.15) is 11.1 Å². The van der Waals surface area contributed by atoms with Crippen LogP contribution in [-0.4, -0.2) is 74.9 Å². The molecule has 3 aliphatic heterocycles. The van der Waals surface area contributed by atoms with E-state index in [1.165, 1.54) is 11.1 Å². The molecule has 1 amide bonds. The minimum Gasteiger partial charge on any atom is -0.379 e. The molecule has 37 heavy (non-hydrogen) atoms. The zero-order valence-corrected chi connectivity index (χ0v) is 21.4. The summed E-state index contributed by atoms with van der Waals surface area (Å²) in [6.45, 7) is 6.21. The molecule has 2 aromatic carbocycles. The van der Waals surface area contributed by atoms with E-state index in [1.54, 1.807) is 17.8 Å². The topological polar surface area (TPSA) is 86.9 Å². The van der Waals surface area contributed by atoms with Crippen molar-refractivity contribution < 1.29 is 14.3 Å². The van der Waals surface area contributed by atoms with E-state index in [4.69, 9.17) is 9.47 Å². The number of nitrogens with one attached hydrogen (secondary N) is 2. The summed E-state index contributed by atoms with van der Waals surface area (Å²) in [4.78, 5) is 34.9. The van der Waals surface area contributed by atoms with Gasteiger partial charge in [0.15, 0.2) is 0 Å². The maximum absolute atomic E-state index is 12.6. The lowest BCUT2D eigenvalue weighted by atomic mass is 9.99. The minimum atomic E-state index is -0.102. The Morgan fingerprint density at radius 3 is 2.54 bits per heavy atom. The number of rotatable bonds is 5. The Labute approximate surface area is 220 Å². The summed E-state index contributed by atoms with van der Waals surface area (Å²) in [5.41, 5.74) is 5.91. The molecule has 0 unspecified atom stereocenters. The number of pyridine rings is 1. The quantitative estimate of drug-likeness (QED) is 0.420. The van der Waals surface area contributed by atoms with Crippen molar-refractivity contribution in [3.8, 4) is 11.3 Å². The van der Waals surface area contributed by atoms with Crippen molar-refractivity contribution in [3.63, 3.8) is 0 Å². The normalized spacial score (nSPS) is 17.7. The lowest BCUT2D eigenvalue weighted by Crippen LogP contribution is -2.41. The van der Waals surface area contributed by atoms with E-state index in [1.807, 2.05) is 12.1 Å². The molecule has 6 rings (SSSR count). The second kappa shape index (κ2) is 10.7. The SMILES string of the molecule is O=C(CN1CCOCC1)Nc1ccc2c(c1)Cc1cccc(-c3cc(N4CCOCC4)cc(=O)[nH]3)c1S2. The first-order valence-electron chi connectivity index (χ1n) is 12.7. The molecular weight excluding hydrogens is 488 g/mol. The average molecular weight is 519 g/mol. The fourth-order valence-electron chi connectivity index (χ4n) is 5.11. The Hall–Kier alpha value is -3.11. The molecule has 0 atom stereocenters. The molecule has 0 aliphatic carbocycles. The van der Waals surface area contributed by atoms with Gasteiger partial charge in [0.2, 0.25) is 11.5 Å². The van der Waals surface area contributed by atoms with Crippen molar-refractivity contribution >= 4 is 29.0 Å². The number of ether oxygens (including phenoxy) is 2. The largest absolute Gasteiger partial charge is 0.379 e. The number of fused-ring (bicyclic) bond motifs is 2. The molecule has 192 valence electrons. The number of aromatic nitrogens is 1. The summed E-state index contributed by atoms with van der Waals surface area (Å²) in [5, 5.41) is 3.06. The van der Waals surface area contributed by atoms with Gasteiger partial charge in [-0.25, -0.2) is 0 Å². The number of carbonyl (C=O) groups is 1.